The van der Waals surface area contributed by atoms with E-state index in [-0.39, 0.29) is 5.54 Å². The zero-order valence-corrected chi connectivity index (χ0v) is 13.0. The van der Waals surface area contributed by atoms with Crippen molar-refractivity contribution in [2.75, 3.05) is 33.2 Å². The minimum Gasteiger partial charge on any atom is -0.355 e. The van der Waals surface area contributed by atoms with Crippen molar-refractivity contribution in [3.05, 3.63) is 12.7 Å². The highest BCUT2D eigenvalue weighted by Crippen LogP contribution is 2.23. The molecular weight excluding hydrogens is 236 g/mol. The van der Waals surface area contributed by atoms with Gasteiger partial charge in [-0.15, -0.1) is 6.58 Å². The van der Waals surface area contributed by atoms with Crippen LogP contribution >= 0.6 is 0 Å². The number of aliphatic imine (C=N–C) groups is 1. The van der Waals surface area contributed by atoms with Crippen LogP contribution in [0.5, 0.6) is 0 Å². The first kappa shape index (κ1) is 16.0. The Morgan fingerprint density at radius 1 is 1.47 bits per heavy atom. The van der Waals surface area contributed by atoms with Crippen molar-refractivity contribution < 1.29 is 0 Å². The predicted octanol–water partition coefficient (Wildman–Crippen LogP) is 1.85. The molecule has 2 N–H and O–H groups in total. The van der Waals surface area contributed by atoms with Crippen LogP contribution in [0.15, 0.2) is 17.6 Å². The van der Waals surface area contributed by atoms with Gasteiger partial charge in [0.25, 0.3) is 0 Å². The van der Waals surface area contributed by atoms with E-state index in [1.165, 1.54) is 25.9 Å². The maximum atomic E-state index is 4.22. The Bertz CT molecular complexity index is 309. The van der Waals surface area contributed by atoms with Crippen molar-refractivity contribution in [1.82, 2.24) is 15.5 Å². The topological polar surface area (TPSA) is 39.7 Å². The molecule has 1 rings (SSSR count). The zero-order valence-electron chi connectivity index (χ0n) is 13.0. The molecule has 1 fully saturated rings. The van der Waals surface area contributed by atoms with Gasteiger partial charge in [0.15, 0.2) is 5.96 Å². The zero-order chi connectivity index (χ0) is 14.3. The molecular formula is C15H30N4. The lowest BCUT2D eigenvalue weighted by Gasteiger charge is -2.43. The van der Waals surface area contributed by atoms with Crippen molar-refractivity contribution in [3.63, 3.8) is 0 Å². The van der Waals surface area contributed by atoms with Gasteiger partial charge in [-0.3, -0.25) is 9.89 Å². The minimum atomic E-state index is 0.153. The molecule has 1 saturated heterocycles. The molecule has 1 atom stereocenters. The van der Waals surface area contributed by atoms with Crippen LogP contribution in [0.1, 0.15) is 33.6 Å². The fourth-order valence-electron chi connectivity index (χ4n) is 2.54. The maximum absolute atomic E-state index is 4.22. The summed E-state index contributed by atoms with van der Waals surface area (Å²) in [7, 11) is 1.80. The number of nitrogens with one attached hydrogen (secondary N) is 2. The lowest BCUT2D eigenvalue weighted by atomic mass is 9.93. The first-order valence-electron chi connectivity index (χ1n) is 7.30. The average Bonchev–Trinajstić information content (AvgIpc) is 2.39. The van der Waals surface area contributed by atoms with Crippen molar-refractivity contribution in [2.24, 2.45) is 10.9 Å². The van der Waals surface area contributed by atoms with Gasteiger partial charge >= 0.3 is 0 Å². The summed E-state index contributed by atoms with van der Waals surface area (Å²) in [4.78, 5) is 6.81. The minimum absolute atomic E-state index is 0.153. The highest BCUT2D eigenvalue weighted by Gasteiger charge is 2.30. The molecule has 4 heteroatoms. The van der Waals surface area contributed by atoms with E-state index in [4.69, 9.17) is 0 Å². The lowest BCUT2D eigenvalue weighted by molar-refractivity contribution is 0.0740. The second-order valence-electron chi connectivity index (χ2n) is 6.10. The average molecular weight is 266 g/mol. The molecule has 19 heavy (non-hydrogen) atoms. The molecule has 0 amide bonds. The largest absolute Gasteiger partial charge is 0.355 e. The summed E-state index contributed by atoms with van der Waals surface area (Å²) in [6.45, 7) is 14.7. The van der Waals surface area contributed by atoms with Gasteiger partial charge in [0, 0.05) is 32.2 Å². The van der Waals surface area contributed by atoms with Crippen LogP contribution < -0.4 is 10.6 Å². The Hall–Kier alpha value is -1.03. The Morgan fingerprint density at radius 2 is 2.21 bits per heavy atom. The maximum Gasteiger partial charge on any atom is 0.191 e. The van der Waals surface area contributed by atoms with Crippen LogP contribution in [0.25, 0.3) is 0 Å². The molecule has 1 aliphatic rings. The number of hydrogen-bond acceptors (Lipinski definition) is 2. The fraction of sp³-hybridized carbons (Fsp3) is 0.800. The Labute approximate surface area is 118 Å². The molecule has 0 saturated carbocycles. The summed E-state index contributed by atoms with van der Waals surface area (Å²) in [5.41, 5.74) is 0.153. The summed E-state index contributed by atoms with van der Waals surface area (Å²) < 4.78 is 0. The molecule has 0 bridgehead atoms. The monoisotopic (exact) mass is 266 g/mol. The SMILES string of the molecule is C=CCNC(=NC)NCC(C)(C)N1CCCC(C)C1. The van der Waals surface area contributed by atoms with Gasteiger partial charge in [0.05, 0.1) is 0 Å². The van der Waals surface area contributed by atoms with Crippen LogP contribution in [-0.4, -0.2) is 49.6 Å². The number of likely N-dealkylation sites (tertiary alicyclic amines) is 1. The Balaban J connectivity index is 2.46. The second kappa shape index (κ2) is 7.53. The molecule has 110 valence electrons. The van der Waals surface area contributed by atoms with Crippen LogP contribution in [0.2, 0.25) is 0 Å². The third kappa shape index (κ3) is 5.23. The molecule has 0 radical (unpaired) electrons. The van der Waals surface area contributed by atoms with Crippen molar-refractivity contribution in [3.8, 4) is 0 Å². The van der Waals surface area contributed by atoms with Gasteiger partial charge in [-0.05, 0) is 39.2 Å². The Morgan fingerprint density at radius 3 is 2.79 bits per heavy atom. The van der Waals surface area contributed by atoms with E-state index in [9.17, 15) is 0 Å². The van der Waals surface area contributed by atoms with Crippen LogP contribution in [-0.2, 0) is 0 Å². The Kier molecular flexibility index (Phi) is 6.35. The number of hydrogen-bond donors (Lipinski definition) is 2. The number of rotatable bonds is 5. The van der Waals surface area contributed by atoms with Crippen LogP contribution in [0.4, 0.5) is 0 Å². The van der Waals surface area contributed by atoms with Gasteiger partial charge < -0.3 is 10.6 Å². The van der Waals surface area contributed by atoms with E-state index in [1.807, 2.05) is 6.08 Å². The van der Waals surface area contributed by atoms with E-state index >= 15 is 0 Å². The van der Waals surface area contributed by atoms with Crippen molar-refractivity contribution >= 4 is 5.96 Å². The molecule has 0 aliphatic carbocycles. The number of guanidine groups is 1. The molecule has 0 spiro atoms. The molecule has 0 aromatic carbocycles. The van der Waals surface area contributed by atoms with E-state index in [0.29, 0.717) is 0 Å². The summed E-state index contributed by atoms with van der Waals surface area (Å²) in [5, 5.41) is 6.61. The standard InChI is InChI=1S/C15H30N4/c1-6-9-17-14(16-5)18-12-15(3,4)19-10-7-8-13(2)11-19/h6,13H,1,7-12H2,2-5H3,(H2,16,17,18). The summed E-state index contributed by atoms with van der Waals surface area (Å²) in [6.07, 6.45) is 4.51. The first-order chi connectivity index (χ1) is 8.99. The molecule has 1 aliphatic heterocycles. The van der Waals surface area contributed by atoms with Gasteiger partial charge in [0.1, 0.15) is 0 Å². The molecule has 0 aromatic rings. The first-order valence-corrected chi connectivity index (χ1v) is 7.30. The highest BCUT2D eigenvalue weighted by molar-refractivity contribution is 5.79. The third-order valence-corrected chi connectivity index (χ3v) is 3.84. The summed E-state index contributed by atoms with van der Waals surface area (Å²) >= 11 is 0. The second-order valence-corrected chi connectivity index (χ2v) is 6.10. The van der Waals surface area contributed by atoms with Crippen molar-refractivity contribution in [2.45, 2.75) is 39.2 Å². The lowest BCUT2D eigenvalue weighted by Crippen LogP contribution is -2.55. The normalized spacial score (nSPS) is 22.1. The number of nitrogens with zero attached hydrogens (tertiary/aromatic N) is 2. The van der Waals surface area contributed by atoms with Crippen LogP contribution in [0.3, 0.4) is 0 Å². The van der Waals surface area contributed by atoms with E-state index in [2.05, 4.69) is 47.9 Å². The third-order valence-electron chi connectivity index (χ3n) is 3.84. The molecule has 0 aromatic heterocycles. The fourth-order valence-corrected chi connectivity index (χ4v) is 2.54. The van der Waals surface area contributed by atoms with Crippen LogP contribution in [0, 0.1) is 5.92 Å². The van der Waals surface area contributed by atoms with Gasteiger partial charge in [0.2, 0.25) is 0 Å². The van der Waals surface area contributed by atoms with Gasteiger partial charge in [-0.25, -0.2) is 0 Å². The van der Waals surface area contributed by atoms with Gasteiger partial charge in [-0.1, -0.05) is 13.0 Å². The van der Waals surface area contributed by atoms with E-state index < -0.39 is 0 Å². The summed E-state index contributed by atoms with van der Waals surface area (Å²) in [5.74, 6) is 1.66. The smallest absolute Gasteiger partial charge is 0.191 e. The molecule has 4 nitrogen and oxygen atoms in total. The van der Waals surface area contributed by atoms with E-state index in [0.717, 1.165) is 25.0 Å². The number of piperidine rings is 1. The van der Waals surface area contributed by atoms with E-state index in [1.54, 1.807) is 7.05 Å². The van der Waals surface area contributed by atoms with Crippen molar-refractivity contribution in [1.29, 1.82) is 0 Å². The quantitative estimate of drug-likeness (QED) is 0.453. The predicted molar refractivity (Wildman–Crippen MR) is 83.6 cm³/mol. The highest BCUT2D eigenvalue weighted by atomic mass is 15.2. The molecule has 1 unspecified atom stereocenters. The van der Waals surface area contributed by atoms with Gasteiger partial charge in [-0.2, -0.15) is 0 Å². The summed E-state index contributed by atoms with van der Waals surface area (Å²) in [6, 6.07) is 0. The molecule has 1 heterocycles.